The molecule has 3 nitrogen and oxygen atoms in total. The van der Waals surface area contributed by atoms with E-state index in [1.165, 1.54) is 25.0 Å². The van der Waals surface area contributed by atoms with Crippen LogP contribution in [0, 0.1) is 11.7 Å². The molecule has 3 rings (SSSR count). The van der Waals surface area contributed by atoms with Gasteiger partial charge in [0.1, 0.15) is 18.2 Å². The quantitative estimate of drug-likeness (QED) is 0.869. The van der Waals surface area contributed by atoms with Crippen molar-refractivity contribution in [2.75, 3.05) is 37.7 Å². The summed E-state index contributed by atoms with van der Waals surface area (Å²) in [7, 11) is 0. The molecule has 2 aliphatic heterocycles. The van der Waals surface area contributed by atoms with E-state index >= 15 is 0 Å². The zero-order chi connectivity index (χ0) is 12.4. The maximum absolute atomic E-state index is 13.2. The van der Waals surface area contributed by atoms with E-state index in [-0.39, 0.29) is 5.82 Å². The summed E-state index contributed by atoms with van der Waals surface area (Å²) in [6, 6.07) is 4.85. The van der Waals surface area contributed by atoms with Gasteiger partial charge in [-0.2, -0.15) is 0 Å². The van der Waals surface area contributed by atoms with E-state index in [2.05, 4.69) is 10.2 Å². The number of nitrogens with one attached hydrogen (secondary N) is 1. The minimum Gasteiger partial charge on any atom is -0.489 e. The fourth-order valence-electron chi connectivity index (χ4n) is 2.82. The highest BCUT2D eigenvalue weighted by Gasteiger charge is 2.22. The van der Waals surface area contributed by atoms with Crippen LogP contribution in [-0.2, 0) is 0 Å². The minimum absolute atomic E-state index is 0.225. The maximum Gasteiger partial charge on any atom is 0.145 e. The molecule has 4 heteroatoms. The molecule has 0 bridgehead atoms. The van der Waals surface area contributed by atoms with E-state index in [1.54, 1.807) is 0 Å². The molecular formula is C14H19FN2O. The Balaban J connectivity index is 1.74. The summed E-state index contributed by atoms with van der Waals surface area (Å²) in [6.45, 7) is 4.85. The first-order valence-corrected chi connectivity index (χ1v) is 6.71. The maximum atomic E-state index is 13.2. The number of ether oxygens (including phenoxy) is 1. The van der Waals surface area contributed by atoms with Crippen LogP contribution in [-0.4, -0.2) is 32.8 Å². The number of halogens is 1. The van der Waals surface area contributed by atoms with Crippen molar-refractivity contribution in [3.63, 3.8) is 0 Å². The highest BCUT2D eigenvalue weighted by Crippen LogP contribution is 2.33. The minimum atomic E-state index is -0.225. The zero-order valence-electron chi connectivity index (χ0n) is 10.5. The van der Waals surface area contributed by atoms with Gasteiger partial charge in [-0.25, -0.2) is 4.39 Å². The number of fused-ring (bicyclic) bond motifs is 1. The van der Waals surface area contributed by atoms with E-state index in [0.29, 0.717) is 12.4 Å². The Bertz CT molecular complexity index is 418. The predicted octanol–water partition coefficient (Wildman–Crippen LogP) is 2.02. The van der Waals surface area contributed by atoms with Crippen molar-refractivity contribution in [3.8, 4) is 5.75 Å². The van der Waals surface area contributed by atoms with Crippen LogP contribution in [0.1, 0.15) is 12.8 Å². The third-order valence-electron chi connectivity index (χ3n) is 3.82. The van der Waals surface area contributed by atoms with Gasteiger partial charge in [-0.05, 0) is 44.0 Å². The lowest BCUT2D eigenvalue weighted by Gasteiger charge is -2.35. The van der Waals surface area contributed by atoms with Gasteiger partial charge in [-0.15, -0.1) is 0 Å². The standard InChI is InChI=1S/C14H19FN2O/c15-12-1-2-13-14(9-12)18-8-7-17(13)10-11-3-5-16-6-4-11/h1-2,9,11,16H,3-8,10H2. The van der Waals surface area contributed by atoms with E-state index in [9.17, 15) is 4.39 Å². The lowest BCUT2D eigenvalue weighted by atomic mass is 9.97. The first-order chi connectivity index (χ1) is 8.83. The third-order valence-corrected chi connectivity index (χ3v) is 3.82. The zero-order valence-corrected chi connectivity index (χ0v) is 10.5. The van der Waals surface area contributed by atoms with E-state index < -0.39 is 0 Å². The number of piperidine rings is 1. The molecule has 0 aromatic heterocycles. The Morgan fingerprint density at radius 1 is 1.33 bits per heavy atom. The van der Waals surface area contributed by atoms with Crippen molar-refractivity contribution in [3.05, 3.63) is 24.0 Å². The van der Waals surface area contributed by atoms with Gasteiger partial charge in [-0.3, -0.25) is 0 Å². The molecule has 1 aromatic rings. The number of hydrogen-bond acceptors (Lipinski definition) is 3. The first kappa shape index (κ1) is 11.8. The smallest absolute Gasteiger partial charge is 0.145 e. The van der Waals surface area contributed by atoms with Gasteiger partial charge in [0.15, 0.2) is 0 Å². The molecule has 18 heavy (non-hydrogen) atoms. The van der Waals surface area contributed by atoms with E-state index in [1.807, 2.05) is 6.07 Å². The van der Waals surface area contributed by atoms with Crippen molar-refractivity contribution in [1.29, 1.82) is 0 Å². The number of nitrogens with zero attached hydrogens (tertiary/aromatic N) is 1. The van der Waals surface area contributed by atoms with Crippen LogP contribution in [0.3, 0.4) is 0 Å². The summed E-state index contributed by atoms with van der Waals surface area (Å²) in [4.78, 5) is 2.34. The molecule has 98 valence electrons. The van der Waals surface area contributed by atoms with Crippen LogP contribution in [0.4, 0.5) is 10.1 Å². The second kappa shape index (κ2) is 5.14. The number of hydrogen-bond donors (Lipinski definition) is 1. The monoisotopic (exact) mass is 250 g/mol. The molecule has 2 aliphatic rings. The molecular weight excluding hydrogens is 231 g/mol. The van der Waals surface area contributed by atoms with Gasteiger partial charge in [0, 0.05) is 12.6 Å². The molecule has 1 aromatic carbocycles. The van der Waals surface area contributed by atoms with Crippen LogP contribution in [0.15, 0.2) is 18.2 Å². The van der Waals surface area contributed by atoms with Gasteiger partial charge in [0.2, 0.25) is 0 Å². The SMILES string of the molecule is Fc1ccc2c(c1)OCCN2CC1CCNCC1. The van der Waals surface area contributed by atoms with Crippen molar-refractivity contribution < 1.29 is 9.13 Å². The normalized spacial score (nSPS) is 20.4. The largest absolute Gasteiger partial charge is 0.489 e. The Morgan fingerprint density at radius 3 is 3.00 bits per heavy atom. The molecule has 1 N–H and O–H groups in total. The van der Waals surface area contributed by atoms with E-state index in [4.69, 9.17) is 4.74 Å². The topological polar surface area (TPSA) is 24.5 Å². The summed E-state index contributed by atoms with van der Waals surface area (Å²) in [5, 5.41) is 3.39. The van der Waals surface area contributed by atoms with Crippen LogP contribution >= 0.6 is 0 Å². The lowest BCUT2D eigenvalue weighted by molar-refractivity contribution is 0.293. The Hall–Kier alpha value is -1.29. The number of anilines is 1. The van der Waals surface area contributed by atoms with Crippen LogP contribution < -0.4 is 15.0 Å². The molecule has 1 fully saturated rings. The van der Waals surface area contributed by atoms with Crippen LogP contribution in [0.2, 0.25) is 0 Å². The fraction of sp³-hybridized carbons (Fsp3) is 0.571. The molecule has 2 heterocycles. The van der Waals surface area contributed by atoms with Gasteiger partial charge in [-0.1, -0.05) is 0 Å². The molecule has 0 spiro atoms. The summed E-state index contributed by atoms with van der Waals surface area (Å²) in [6.07, 6.45) is 2.46. The highest BCUT2D eigenvalue weighted by atomic mass is 19.1. The average molecular weight is 250 g/mol. The molecule has 0 aliphatic carbocycles. The number of benzene rings is 1. The highest BCUT2D eigenvalue weighted by molar-refractivity contribution is 5.60. The van der Waals surface area contributed by atoms with Crippen molar-refractivity contribution in [1.82, 2.24) is 5.32 Å². The second-order valence-electron chi connectivity index (χ2n) is 5.10. The Morgan fingerprint density at radius 2 is 2.17 bits per heavy atom. The van der Waals surface area contributed by atoms with Crippen LogP contribution in [0.25, 0.3) is 0 Å². The summed E-state index contributed by atoms with van der Waals surface area (Å²) in [5.74, 6) is 1.20. The van der Waals surface area contributed by atoms with E-state index in [0.717, 1.165) is 37.8 Å². The third kappa shape index (κ3) is 2.43. The summed E-state index contributed by atoms with van der Waals surface area (Å²) < 4.78 is 18.7. The summed E-state index contributed by atoms with van der Waals surface area (Å²) >= 11 is 0. The van der Waals surface area contributed by atoms with Gasteiger partial charge in [0.05, 0.1) is 12.2 Å². The molecule has 0 amide bonds. The summed E-state index contributed by atoms with van der Waals surface area (Å²) in [5.41, 5.74) is 1.04. The lowest BCUT2D eigenvalue weighted by Crippen LogP contribution is -2.40. The van der Waals surface area contributed by atoms with Gasteiger partial charge >= 0.3 is 0 Å². The average Bonchev–Trinajstić information content (AvgIpc) is 2.40. The molecule has 0 radical (unpaired) electrons. The molecule has 1 saturated heterocycles. The fourth-order valence-corrected chi connectivity index (χ4v) is 2.82. The molecule has 0 unspecified atom stereocenters. The van der Waals surface area contributed by atoms with Crippen molar-refractivity contribution in [2.24, 2.45) is 5.92 Å². The molecule has 0 atom stereocenters. The van der Waals surface area contributed by atoms with Gasteiger partial charge < -0.3 is 15.0 Å². The Kier molecular flexibility index (Phi) is 3.37. The second-order valence-corrected chi connectivity index (χ2v) is 5.10. The van der Waals surface area contributed by atoms with Crippen molar-refractivity contribution in [2.45, 2.75) is 12.8 Å². The van der Waals surface area contributed by atoms with Crippen molar-refractivity contribution >= 4 is 5.69 Å². The first-order valence-electron chi connectivity index (χ1n) is 6.71. The molecule has 0 saturated carbocycles. The predicted molar refractivity (Wildman–Crippen MR) is 69.7 cm³/mol. The Labute approximate surface area is 107 Å². The van der Waals surface area contributed by atoms with Crippen LogP contribution in [0.5, 0.6) is 5.75 Å². The number of rotatable bonds is 2. The van der Waals surface area contributed by atoms with Gasteiger partial charge in [0.25, 0.3) is 0 Å².